The predicted octanol–water partition coefficient (Wildman–Crippen LogP) is -4.07. The first-order valence-corrected chi connectivity index (χ1v) is 7.86. The van der Waals surface area contributed by atoms with Crippen LogP contribution in [0.4, 0.5) is 0 Å². The standard InChI is InChI=1S/C14H29N3O7/c1-17(2)5-3-4-16-13(22)14(23)6-8(19)10(15)12(24-14)11(21)9(20)7-18/h8-12,18-21,23H,3-7,15H2,1-2H3,(H,16,22)/t8-,9+,10+,11+,12+,14?/m0/s1. The van der Waals surface area contributed by atoms with Gasteiger partial charge in [0.1, 0.15) is 18.3 Å². The Balaban J connectivity index is 2.73. The highest BCUT2D eigenvalue weighted by Gasteiger charge is 2.52. The number of hydrogen-bond donors (Lipinski definition) is 7. The average molecular weight is 351 g/mol. The van der Waals surface area contributed by atoms with Crippen LogP contribution in [-0.4, -0.2) is 106 Å². The van der Waals surface area contributed by atoms with E-state index in [-0.39, 0.29) is 6.54 Å². The van der Waals surface area contributed by atoms with E-state index in [0.29, 0.717) is 6.42 Å². The van der Waals surface area contributed by atoms with Gasteiger partial charge in [-0.15, -0.1) is 0 Å². The summed E-state index contributed by atoms with van der Waals surface area (Å²) in [5, 5.41) is 51.2. The van der Waals surface area contributed by atoms with Crippen LogP contribution in [0.15, 0.2) is 0 Å². The Morgan fingerprint density at radius 2 is 2.08 bits per heavy atom. The second-order valence-corrected chi connectivity index (χ2v) is 6.37. The fourth-order valence-corrected chi connectivity index (χ4v) is 2.50. The first kappa shape index (κ1) is 21.2. The maximum absolute atomic E-state index is 12.2. The van der Waals surface area contributed by atoms with Gasteiger partial charge in [-0.2, -0.15) is 0 Å². The molecule has 1 heterocycles. The summed E-state index contributed by atoms with van der Waals surface area (Å²) >= 11 is 0. The number of rotatable bonds is 8. The minimum Gasteiger partial charge on any atom is -0.394 e. The van der Waals surface area contributed by atoms with Gasteiger partial charge in [0, 0.05) is 13.0 Å². The van der Waals surface area contributed by atoms with Gasteiger partial charge in [0.05, 0.1) is 18.8 Å². The molecule has 0 spiro atoms. The lowest BCUT2D eigenvalue weighted by Crippen LogP contribution is -2.67. The van der Waals surface area contributed by atoms with Gasteiger partial charge < -0.3 is 46.2 Å². The molecule has 1 rings (SSSR count). The molecule has 1 fully saturated rings. The molecule has 0 bridgehead atoms. The molecule has 0 aromatic rings. The molecule has 1 amide bonds. The van der Waals surface area contributed by atoms with Crippen LogP contribution in [0.1, 0.15) is 12.8 Å². The lowest BCUT2D eigenvalue weighted by atomic mass is 9.89. The van der Waals surface area contributed by atoms with Gasteiger partial charge in [0.25, 0.3) is 5.91 Å². The molecule has 24 heavy (non-hydrogen) atoms. The fraction of sp³-hybridized carbons (Fsp3) is 0.929. The van der Waals surface area contributed by atoms with E-state index in [1.54, 1.807) is 0 Å². The van der Waals surface area contributed by atoms with E-state index in [0.717, 1.165) is 6.54 Å². The summed E-state index contributed by atoms with van der Waals surface area (Å²) in [7, 11) is 3.77. The van der Waals surface area contributed by atoms with Crippen LogP contribution in [-0.2, 0) is 9.53 Å². The molecule has 6 atom stereocenters. The maximum Gasteiger partial charge on any atom is 0.280 e. The zero-order valence-electron chi connectivity index (χ0n) is 14.0. The number of aliphatic hydroxyl groups excluding tert-OH is 4. The van der Waals surface area contributed by atoms with Crippen molar-refractivity contribution in [2.24, 2.45) is 5.73 Å². The zero-order valence-corrected chi connectivity index (χ0v) is 14.0. The van der Waals surface area contributed by atoms with Crippen molar-refractivity contribution in [3.8, 4) is 0 Å². The predicted molar refractivity (Wildman–Crippen MR) is 83.7 cm³/mol. The molecule has 0 aromatic heterocycles. The van der Waals surface area contributed by atoms with Gasteiger partial charge in [-0.3, -0.25) is 4.79 Å². The van der Waals surface area contributed by atoms with Gasteiger partial charge in [-0.1, -0.05) is 0 Å². The van der Waals surface area contributed by atoms with E-state index in [1.807, 2.05) is 19.0 Å². The number of hydrogen-bond acceptors (Lipinski definition) is 9. The van der Waals surface area contributed by atoms with Crippen molar-refractivity contribution in [3.63, 3.8) is 0 Å². The normalized spacial score (nSPS) is 33.3. The summed E-state index contributed by atoms with van der Waals surface area (Å²) in [6.45, 7) is 0.257. The van der Waals surface area contributed by atoms with E-state index in [1.165, 1.54) is 0 Å². The Morgan fingerprint density at radius 1 is 1.46 bits per heavy atom. The molecule has 8 N–H and O–H groups in total. The molecule has 0 aliphatic carbocycles. The Labute approximate surface area is 140 Å². The number of nitrogens with two attached hydrogens (primary N) is 1. The summed E-state index contributed by atoms with van der Waals surface area (Å²) in [6.07, 6.45) is -5.83. The average Bonchev–Trinajstić information content (AvgIpc) is 2.53. The van der Waals surface area contributed by atoms with Gasteiger partial charge in [0.15, 0.2) is 0 Å². The van der Waals surface area contributed by atoms with E-state index in [2.05, 4.69) is 5.32 Å². The smallest absolute Gasteiger partial charge is 0.280 e. The minimum atomic E-state index is -2.38. The van der Waals surface area contributed by atoms with E-state index < -0.39 is 55.2 Å². The van der Waals surface area contributed by atoms with Crippen molar-refractivity contribution in [1.82, 2.24) is 10.2 Å². The number of carbonyl (C=O) groups excluding carboxylic acids is 1. The van der Waals surface area contributed by atoms with Gasteiger partial charge in [-0.05, 0) is 27.1 Å². The lowest BCUT2D eigenvalue weighted by Gasteiger charge is -2.44. The van der Waals surface area contributed by atoms with E-state index >= 15 is 0 Å². The van der Waals surface area contributed by atoms with Crippen LogP contribution in [0.25, 0.3) is 0 Å². The van der Waals surface area contributed by atoms with Crippen LogP contribution in [0, 0.1) is 0 Å². The number of amides is 1. The van der Waals surface area contributed by atoms with E-state index in [4.69, 9.17) is 15.6 Å². The monoisotopic (exact) mass is 351 g/mol. The molecular formula is C14H29N3O7. The van der Waals surface area contributed by atoms with Crippen LogP contribution in [0.2, 0.25) is 0 Å². The summed E-state index contributed by atoms with van der Waals surface area (Å²) in [5.41, 5.74) is 5.72. The maximum atomic E-state index is 12.2. The van der Waals surface area contributed by atoms with Crippen molar-refractivity contribution in [3.05, 3.63) is 0 Å². The molecule has 142 valence electrons. The Morgan fingerprint density at radius 3 is 2.62 bits per heavy atom. The van der Waals surface area contributed by atoms with Crippen LogP contribution >= 0.6 is 0 Å². The number of nitrogens with zero attached hydrogens (tertiary/aromatic N) is 1. The number of carbonyl (C=O) groups is 1. The van der Waals surface area contributed by atoms with Crippen molar-refractivity contribution < 1.29 is 35.1 Å². The van der Waals surface area contributed by atoms with Crippen molar-refractivity contribution in [2.45, 2.75) is 49.1 Å². The van der Waals surface area contributed by atoms with Crippen molar-refractivity contribution in [2.75, 3.05) is 33.8 Å². The highest BCUT2D eigenvalue weighted by Crippen LogP contribution is 2.29. The highest BCUT2D eigenvalue weighted by atomic mass is 16.6. The molecule has 0 radical (unpaired) electrons. The third kappa shape index (κ3) is 5.33. The van der Waals surface area contributed by atoms with Crippen molar-refractivity contribution in [1.29, 1.82) is 0 Å². The van der Waals surface area contributed by atoms with E-state index in [9.17, 15) is 25.2 Å². The summed E-state index contributed by atoms with van der Waals surface area (Å²) < 4.78 is 5.21. The minimum absolute atomic E-state index is 0.289. The quantitative estimate of drug-likeness (QED) is 0.215. The third-order valence-corrected chi connectivity index (χ3v) is 3.98. The zero-order chi connectivity index (χ0) is 18.5. The largest absolute Gasteiger partial charge is 0.394 e. The van der Waals surface area contributed by atoms with Crippen LogP contribution in [0.3, 0.4) is 0 Å². The number of ether oxygens (including phenoxy) is 1. The molecule has 1 aliphatic heterocycles. The Hall–Kier alpha value is -0.850. The SMILES string of the molecule is CN(C)CCCNC(=O)C1(O)C[C@H](O)[C@@H](N)[C@H]([C@H](O)[C@H](O)CO)O1. The topological polar surface area (TPSA) is 169 Å². The molecular weight excluding hydrogens is 322 g/mol. The third-order valence-electron chi connectivity index (χ3n) is 3.98. The highest BCUT2D eigenvalue weighted by molar-refractivity contribution is 5.83. The molecule has 1 saturated heterocycles. The molecule has 0 aromatic carbocycles. The Kier molecular flexibility index (Phi) is 7.96. The van der Waals surface area contributed by atoms with Gasteiger partial charge in [-0.25, -0.2) is 0 Å². The Bertz CT molecular complexity index is 412. The van der Waals surface area contributed by atoms with Crippen LogP contribution < -0.4 is 11.1 Å². The molecule has 1 aliphatic rings. The molecule has 10 nitrogen and oxygen atoms in total. The number of aliphatic hydroxyl groups is 5. The number of nitrogens with one attached hydrogen (secondary N) is 1. The summed E-state index contributed by atoms with van der Waals surface area (Å²) in [5.74, 6) is -3.24. The first-order valence-electron chi connectivity index (χ1n) is 7.86. The van der Waals surface area contributed by atoms with Crippen LogP contribution in [0.5, 0.6) is 0 Å². The molecule has 0 saturated carbocycles. The molecule has 1 unspecified atom stereocenters. The summed E-state index contributed by atoms with van der Waals surface area (Å²) in [6, 6.07) is -1.14. The summed E-state index contributed by atoms with van der Waals surface area (Å²) in [4.78, 5) is 14.1. The van der Waals surface area contributed by atoms with Crippen molar-refractivity contribution >= 4 is 5.91 Å². The second kappa shape index (κ2) is 9.02. The lowest BCUT2D eigenvalue weighted by molar-refractivity contribution is -0.284. The van der Waals surface area contributed by atoms with Gasteiger partial charge in [0.2, 0.25) is 5.79 Å². The van der Waals surface area contributed by atoms with Gasteiger partial charge >= 0.3 is 0 Å². The first-order chi connectivity index (χ1) is 11.1. The fourth-order valence-electron chi connectivity index (χ4n) is 2.50. The molecule has 10 heteroatoms. The second-order valence-electron chi connectivity index (χ2n) is 6.37.